The lowest BCUT2D eigenvalue weighted by Crippen LogP contribution is -2.51. The van der Waals surface area contributed by atoms with Crippen LogP contribution in [0.3, 0.4) is 0 Å². The Morgan fingerprint density at radius 1 is 1.47 bits per heavy atom. The van der Waals surface area contributed by atoms with Crippen molar-refractivity contribution in [3.63, 3.8) is 0 Å². The van der Waals surface area contributed by atoms with Gasteiger partial charge in [0.05, 0.1) is 10.7 Å². The lowest BCUT2D eigenvalue weighted by atomic mass is 10.1. The summed E-state index contributed by atoms with van der Waals surface area (Å²) in [5.74, 6) is -2.09. The maximum absolute atomic E-state index is 11.8. The Morgan fingerprint density at radius 2 is 2.16 bits per heavy atom. The van der Waals surface area contributed by atoms with E-state index in [0.717, 1.165) is 0 Å². The third-order valence-electron chi connectivity index (χ3n) is 2.68. The monoisotopic (exact) mass is 301 g/mol. The highest BCUT2D eigenvalue weighted by atomic mass is 32.2. The summed E-state index contributed by atoms with van der Waals surface area (Å²) in [6, 6.07) is 0. The maximum atomic E-state index is 11.8. The van der Waals surface area contributed by atoms with E-state index in [1.807, 2.05) is 0 Å². The first-order chi connectivity index (χ1) is 8.97. The molecule has 0 saturated carbocycles. The average Bonchev–Trinajstić information content (AvgIpc) is 2.65. The van der Waals surface area contributed by atoms with E-state index in [-0.39, 0.29) is 29.2 Å². The molecule has 0 unspecified atom stereocenters. The SMILES string of the molecule is CC=C1C(=O)N2C(C(=O)O)=C(SCCC(=O)O)S[C@@H]12. The van der Waals surface area contributed by atoms with Gasteiger partial charge in [0.1, 0.15) is 5.37 Å². The van der Waals surface area contributed by atoms with E-state index in [2.05, 4.69) is 0 Å². The number of carbonyl (C=O) groups excluding carboxylic acids is 1. The minimum Gasteiger partial charge on any atom is -0.481 e. The molecule has 19 heavy (non-hydrogen) atoms. The van der Waals surface area contributed by atoms with Gasteiger partial charge in [-0.2, -0.15) is 0 Å². The standard InChI is InChI=1S/C11H11NO5S2/c1-2-5-8(15)12-7(10(16)17)11(19-9(5)12)18-4-3-6(13)14/h2,9H,3-4H2,1H3,(H,13,14)(H,16,17)/t9-/m0/s1. The first kappa shape index (κ1) is 14.0. The summed E-state index contributed by atoms with van der Waals surface area (Å²) in [7, 11) is 0. The second-order valence-corrected chi connectivity index (χ2v) is 6.28. The lowest BCUT2D eigenvalue weighted by molar-refractivity contribution is -0.141. The molecule has 0 aromatic carbocycles. The molecule has 0 radical (unpaired) electrons. The zero-order chi connectivity index (χ0) is 14.2. The Morgan fingerprint density at radius 3 is 2.68 bits per heavy atom. The number of nitrogens with zero attached hydrogens (tertiary/aromatic N) is 1. The fourth-order valence-electron chi connectivity index (χ4n) is 1.80. The van der Waals surface area contributed by atoms with E-state index in [1.165, 1.54) is 28.4 Å². The Labute approximate surface area is 117 Å². The number of allylic oxidation sites excluding steroid dienone is 1. The topological polar surface area (TPSA) is 94.9 Å². The molecule has 0 aromatic heterocycles. The molecule has 6 nitrogen and oxygen atoms in total. The maximum Gasteiger partial charge on any atom is 0.354 e. The second kappa shape index (κ2) is 5.30. The third-order valence-corrected chi connectivity index (χ3v) is 5.28. The number of hydrogen-bond acceptors (Lipinski definition) is 5. The molecule has 2 aliphatic heterocycles. The van der Waals surface area contributed by atoms with Crippen molar-refractivity contribution in [2.24, 2.45) is 0 Å². The molecule has 102 valence electrons. The number of rotatable bonds is 5. The number of fused-ring (bicyclic) bond motifs is 1. The number of carboxylic acids is 2. The van der Waals surface area contributed by atoms with Crippen LogP contribution in [0.2, 0.25) is 0 Å². The van der Waals surface area contributed by atoms with Gasteiger partial charge in [-0.3, -0.25) is 14.5 Å². The Bertz CT molecular complexity index is 525. The highest BCUT2D eigenvalue weighted by Crippen LogP contribution is 2.52. The molecule has 2 N–H and O–H groups in total. The van der Waals surface area contributed by atoms with E-state index in [4.69, 9.17) is 5.11 Å². The molecule has 0 aromatic rings. The summed E-state index contributed by atoms with van der Waals surface area (Å²) in [5, 5.41) is 17.5. The molecule has 0 aliphatic carbocycles. The van der Waals surface area contributed by atoms with Gasteiger partial charge in [0.2, 0.25) is 0 Å². The van der Waals surface area contributed by atoms with Crippen molar-refractivity contribution < 1.29 is 24.6 Å². The first-order valence-electron chi connectivity index (χ1n) is 5.46. The van der Waals surface area contributed by atoms with Gasteiger partial charge in [0.15, 0.2) is 5.70 Å². The van der Waals surface area contributed by atoms with Crippen molar-refractivity contribution in [2.75, 3.05) is 5.75 Å². The lowest BCUT2D eigenvalue weighted by Gasteiger charge is -2.36. The molecular formula is C11H11NO5S2. The number of carbonyl (C=O) groups is 3. The van der Waals surface area contributed by atoms with Gasteiger partial charge in [-0.25, -0.2) is 4.79 Å². The van der Waals surface area contributed by atoms with Crippen molar-refractivity contribution in [3.8, 4) is 0 Å². The Balaban J connectivity index is 2.15. The van der Waals surface area contributed by atoms with Crippen LogP contribution in [0.1, 0.15) is 13.3 Å². The zero-order valence-electron chi connectivity index (χ0n) is 9.95. The molecule has 2 rings (SSSR count). The van der Waals surface area contributed by atoms with E-state index in [0.29, 0.717) is 9.81 Å². The van der Waals surface area contributed by atoms with Crippen molar-refractivity contribution in [1.82, 2.24) is 4.90 Å². The molecule has 2 heterocycles. The largest absolute Gasteiger partial charge is 0.481 e. The summed E-state index contributed by atoms with van der Waals surface area (Å²) >= 11 is 2.46. The number of carboxylic acid groups (broad SMARTS) is 2. The van der Waals surface area contributed by atoms with Crippen LogP contribution in [0.4, 0.5) is 0 Å². The van der Waals surface area contributed by atoms with Gasteiger partial charge in [-0.15, -0.1) is 11.8 Å². The fourth-order valence-corrected chi connectivity index (χ4v) is 4.56. The van der Waals surface area contributed by atoms with E-state index >= 15 is 0 Å². The quantitative estimate of drug-likeness (QED) is 0.584. The van der Waals surface area contributed by atoms with Crippen LogP contribution in [0.25, 0.3) is 0 Å². The fraction of sp³-hybridized carbons (Fsp3) is 0.364. The summed E-state index contributed by atoms with van der Waals surface area (Å²) in [4.78, 5) is 34.7. The van der Waals surface area contributed by atoms with E-state index in [9.17, 15) is 19.5 Å². The smallest absolute Gasteiger partial charge is 0.354 e. The Kier molecular flexibility index (Phi) is 3.91. The highest BCUT2D eigenvalue weighted by Gasteiger charge is 2.52. The van der Waals surface area contributed by atoms with Crippen LogP contribution >= 0.6 is 23.5 Å². The zero-order valence-corrected chi connectivity index (χ0v) is 11.6. The molecule has 0 bridgehead atoms. The molecule has 1 fully saturated rings. The molecule has 2 aliphatic rings. The molecule has 1 amide bonds. The average molecular weight is 301 g/mol. The third kappa shape index (κ3) is 2.37. The second-order valence-electron chi connectivity index (χ2n) is 3.82. The molecule has 1 atom stereocenters. The predicted molar refractivity (Wildman–Crippen MR) is 71.4 cm³/mol. The number of amides is 1. The molecule has 1 saturated heterocycles. The van der Waals surface area contributed by atoms with E-state index in [1.54, 1.807) is 13.0 Å². The van der Waals surface area contributed by atoms with Crippen LogP contribution < -0.4 is 0 Å². The van der Waals surface area contributed by atoms with Crippen LogP contribution in [-0.2, 0) is 14.4 Å². The van der Waals surface area contributed by atoms with Gasteiger partial charge < -0.3 is 10.2 Å². The van der Waals surface area contributed by atoms with Gasteiger partial charge in [-0.05, 0) is 6.92 Å². The summed E-state index contributed by atoms with van der Waals surface area (Å²) in [5.41, 5.74) is 0.568. The van der Waals surface area contributed by atoms with Gasteiger partial charge in [0.25, 0.3) is 5.91 Å². The van der Waals surface area contributed by atoms with Crippen LogP contribution in [-0.4, -0.2) is 44.1 Å². The van der Waals surface area contributed by atoms with Crippen molar-refractivity contribution in [1.29, 1.82) is 0 Å². The highest BCUT2D eigenvalue weighted by molar-refractivity contribution is 8.22. The van der Waals surface area contributed by atoms with Crippen LogP contribution in [0, 0.1) is 0 Å². The molecule has 0 spiro atoms. The van der Waals surface area contributed by atoms with Crippen LogP contribution in [0.15, 0.2) is 21.6 Å². The van der Waals surface area contributed by atoms with Crippen molar-refractivity contribution in [2.45, 2.75) is 18.7 Å². The number of thioether (sulfide) groups is 2. The van der Waals surface area contributed by atoms with Gasteiger partial charge >= 0.3 is 11.9 Å². The first-order valence-corrected chi connectivity index (χ1v) is 7.32. The molecular weight excluding hydrogens is 290 g/mol. The Hall–Kier alpha value is -1.41. The van der Waals surface area contributed by atoms with Crippen molar-refractivity contribution >= 4 is 41.4 Å². The number of hydrogen-bond donors (Lipinski definition) is 2. The number of aliphatic carboxylic acids is 2. The summed E-state index contributed by atoms with van der Waals surface area (Å²) in [6.45, 7) is 1.74. The summed E-state index contributed by atoms with van der Waals surface area (Å²) in [6.07, 6.45) is 1.64. The predicted octanol–water partition coefficient (Wildman–Crippen LogP) is 1.31. The molecule has 8 heteroatoms. The minimum absolute atomic E-state index is 0.0269. The van der Waals surface area contributed by atoms with Crippen molar-refractivity contribution in [3.05, 3.63) is 21.6 Å². The minimum atomic E-state index is -1.16. The van der Waals surface area contributed by atoms with Gasteiger partial charge in [-0.1, -0.05) is 17.8 Å². The number of β-lactam (4-membered cyclic amide) rings is 1. The van der Waals surface area contributed by atoms with Crippen LogP contribution in [0.5, 0.6) is 0 Å². The summed E-state index contributed by atoms with van der Waals surface area (Å²) < 4.78 is 0.504. The van der Waals surface area contributed by atoms with E-state index < -0.39 is 11.9 Å². The normalized spacial score (nSPS) is 23.6. The van der Waals surface area contributed by atoms with Gasteiger partial charge in [0, 0.05) is 11.3 Å².